The van der Waals surface area contributed by atoms with Crippen molar-refractivity contribution in [3.63, 3.8) is 0 Å². The lowest BCUT2D eigenvalue weighted by Gasteiger charge is -2.24. The van der Waals surface area contributed by atoms with Crippen LogP contribution in [0.15, 0.2) is 23.1 Å². The molecule has 20 heavy (non-hydrogen) atoms. The number of para-hydroxylation sites is 1. The summed E-state index contributed by atoms with van der Waals surface area (Å²) in [6.07, 6.45) is 3.11. The topological polar surface area (TPSA) is 87.2 Å². The van der Waals surface area contributed by atoms with Crippen LogP contribution >= 0.6 is 0 Å². The average Bonchev–Trinajstić information content (AvgIpc) is 2.74. The first-order valence-corrected chi connectivity index (χ1v) is 8.42. The Hall–Kier alpha value is -1.60. The Labute approximate surface area is 117 Å². The summed E-state index contributed by atoms with van der Waals surface area (Å²) in [5.41, 5.74) is 7.19. The molecule has 1 aromatic heterocycles. The number of hydrogen-bond donors (Lipinski definition) is 1. The molecule has 108 valence electrons. The number of fused-ring (bicyclic) bond motifs is 1. The van der Waals surface area contributed by atoms with Gasteiger partial charge in [0.1, 0.15) is 5.52 Å². The molecule has 1 aliphatic rings. The highest BCUT2D eigenvalue weighted by Crippen LogP contribution is 2.30. The van der Waals surface area contributed by atoms with Gasteiger partial charge in [0.15, 0.2) is 9.84 Å². The first-order valence-electron chi connectivity index (χ1n) is 6.52. The summed E-state index contributed by atoms with van der Waals surface area (Å²) in [5.74, 6) is 0.339. The Balaban J connectivity index is 2.21. The highest BCUT2D eigenvalue weighted by Gasteiger charge is 2.23. The Morgan fingerprint density at radius 2 is 2.25 bits per heavy atom. The van der Waals surface area contributed by atoms with Gasteiger partial charge in [-0.25, -0.2) is 13.4 Å². The summed E-state index contributed by atoms with van der Waals surface area (Å²) in [6, 6.07) is 5.25. The van der Waals surface area contributed by atoms with E-state index in [0.29, 0.717) is 18.1 Å². The smallest absolute Gasteiger partial charge is 0.201 e. The Kier molecular flexibility index (Phi) is 3.18. The fourth-order valence-electron chi connectivity index (χ4n) is 2.72. The van der Waals surface area contributed by atoms with Crippen molar-refractivity contribution in [1.82, 2.24) is 9.55 Å². The molecule has 1 fully saturated rings. The summed E-state index contributed by atoms with van der Waals surface area (Å²) in [5, 5.41) is 0. The number of sulfone groups is 1. The number of benzene rings is 1. The van der Waals surface area contributed by atoms with Crippen LogP contribution in [-0.4, -0.2) is 37.4 Å². The van der Waals surface area contributed by atoms with E-state index < -0.39 is 9.84 Å². The van der Waals surface area contributed by atoms with E-state index in [1.165, 1.54) is 6.26 Å². The van der Waals surface area contributed by atoms with Crippen molar-refractivity contribution in [2.75, 3.05) is 25.2 Å². The van der Waals surface area contributed by atoms with Gasteiger partial charge in [0.25, 0.3) is 0 Å². The molecule has 1 unspecified atom stereocenters. The fourth-order valence-corrected chi connectivity index (χ4v) is 3.55. The van der Waals surface area contributed by atoms with Gasteiger partial charge in [-0.3, -0.25) is 0 Å². The van der Waals surface area contributed by atoms with E-state index in [1.807, 2.05) is 10.6 Å². The van der Waals surface area contributed by atoms with Crippen LogP contribution in [0.3, 0.4) is 0 Å². The van der Waals surface area contributed by atoms with Gasteiger partial charge in [-0.1, -0.05) is 6.07 Å². The van der Waals surface area contributed by atoms with Crippen LogP contribution in [0, 0.1) is 0 Å². The summed E-state index contributed by atoms with van der Waals surface area (Å²) in [4.78, 5) is 4.48. The van der Waals surface area contributed by atoms with Crippen LogP contribution in [0.25, 0.3) is 11.0 Å². The second-order valence-corrected chi connectivity index (χ2v) is 7.09. The van der Waals surface area contributed by atoms with Crippen LogP contribution in [0.2, 0.25) is 0 Å². The third-order valence-electron chi connectivity index (χ3n) is 3.61. The normalized spacial score (nSPS) is 20.4. The van der Waals surface area contributed by atoms with Crippen molar-refractivity contribution < 1.29 is 13.2 Å². The summed E-state index contributed by atoms with van der Waals surface area (Å²) in [6.45, 7) is 1.34. The molecule has 0 saturated carbocycles. The van der Waals surface area contributed by atoms with Gasteiger partial charge in [-0.2, -0.15) is 0 Å². The molecule has 2 heterocycles. The maximum atomic E-state index is 11.8. The standard InChI is InChI=1S/C13H17N3O3S/c1-20(17,18)11-6-2-5-10-12(11)15-13(14)16(10)9-4-3-7-19-8-9/h2,5-6,9H,3-4,7-8H2,1H3,(H2,14,15). The number of nitrogen functional groups attached to an aromatic ring is 1. The van der Waals surface area contributed by atoms with Crippen molar-refractivity contribution >= 4 is 26.8 Å². The van der Waals surface area contributed by atoms with Gasteiger partial charge in [0.05, 0.1) is 23.1 Å². The summed E-state index contributed by atoms with van der Waals surface area (Å²) < 4.78 is 31.0. The number of nitrogens with zero attached hydrogens (tertiary/aromatic N) is 2. The van der Waals surface area contributed by atoms with E-state index in [-0.39, 0.29) is 10.9 Å². The van der Waals surface area contributed by atoms with Crippen LogP contribution in [0.1, 0.15) is 18.9 Å². The molecule has 0 radical (unpaired) electrons. The second-order valence-electron chi connectivity index (χ2n) is 5.11. The fraction of sp³-hybridized carbons (Fsp3) is 0.462. The van der Waals surface area contributed by atoms with Crippen molar-refractivity contribution in [2.45, 2.75) is 23.8 Å². The lowest BCUT2D eigenvalue weighted by molar-refractivity contribution is 0.0611. The molecule has 1 saturated heterocycles. The molecule has 6 nitrogen and oxygen atoms in total. The molecular formula is C13H17N3O3S. The second kappa shape index (κ2) is 4.75. The van der Waals surface area contributed by atoms with Gasteiger partial charge in [0, 0.05) is 12.9 Å². The quantitative estimate of drug-likeness (QED) is 0.904. The third-order valence-corrected chi connectivity index (χ3v) is 4.74. The van der Waals surface area contributed by atoms with E-state index in [1.54, 1.807) is 12.1 Å². The highest BCUT2D eigenvalue weighted by molar-refractivity contribution is 7.91. The van der Waals surface area contributed by atoms with Crippen molar-refractivity contribution in [3.8, 4) is 0 Å². The van der Waals surface area contributed by atoms with E-state index in [4.69, 9.17) is 10.5 Å². The molecule has 1 aliphatic heterocycles. The molecule has 0 spiro atoms. The van der Waals surface area contributed by atoms with E-state index >= 15 is 0 Å². The average molecular weight is 295 g/mol. The zero-order valence-corrected chi connectivity index (χ0v) is 12.1. The summed E-state index contributed by atoms with van der Waals surface area (Å²) in [7, 11) is -3.33. The number of aromatic nitrogens is 2. The molecule has 1 atom stereocenters. The first kappa shape index (κ1) is 13.4. The minimum Gasteiger partial charge on any atom is -0.379 e. The van der Waals surface area contributed by atoms with Gasteiger partial charge in [0.2, 0.25) is 5.95 Å². The SMILES string of the molecule is CS(=O)(=O)c1cccc2c1nc(N)n2C1CCCOC1. The zero-order valence-electron chi connectivity index (χ0n) is 11.2. The maximum Gasteiger partial charge on any atom is 0.201 e. The minimum atomic E-state index is -3.33. The lowest BCUT2D eigenvalue weighted by atomic mass is 10.1. The number of rotatable bonds is 2. The molecule has 7 heteroatoms. The van der Waals surface area contributed by atoms with E-state index in [2.05, 4.69) is 4.98 Å². The van der Waals surface area contributed by atoms with E-state index in [9.17, 15) is 8.42 Å². The van der Waals surface area contributed by atoms with Gasteiger partial charge in [-0.15, -0.1) is 0 Å². The summed E-state index contributed by atoms with van der Waals surface area (Å²) >= 11 is 0. The third kappa shape index (κ3) is 2.16. The van der Waals surface area contributed by atoms with Crippen LogP contribution in [0.5, 0.6) is 0 Å². The molecule has 0 amide bonds. The molecule has 2 N–H and O–H groups in total. The molecule has 2 aromatic rings. The largest absolute Gasteiger partial charge is 0.379 e. The molecule has 0 aliphatic carbocycles. The van der Waals surface area contributed by atoms with Crippen LogP contribution in [0.4, 0.5) is 5.95 Å². The van der Waals surface area contributed by atoms with Gasteiger partial charge in [-0.05, 0) is 25.0 Å². The number of ether oxygens (including phenoxy) is 1. The van der Waals surface area contributed by atoms with Gasteiger partial charge < -0.3 is 15.0 Å². The minimum absolute atomic E-state index is 0.114. The van der Waals surface area contributed by atoms with Crippen LogP contribution in [-0.2, 0) is 14.6 Å². The Bertz CT molecular complexity index is 746. The lowest BCUT2D eigenvalue weighted by Crippen LogP contribution is -2.22. The molecule has 1 aromatic carbocycles. The zero-order chi connectivity index (χ0) is 14.3. The van der Waals surface area contributed by atoms with Crippen molar-refractivity contribution in [1.29, 1.82) is 0 Å². The number of anilines is 1. The Morgan fingerprint density at radius 3 is 2.90 bits per heavy atom. The Morgan fingerprint density at radius 1 is 1.45 bits per heavy atom. The highest BCUT2D eigenvalue weighted by atomic mass is 32.2. The van der Waals surface area contributed by atoms with Crippen LogP contribution < -0.4 is 5.73 Å². The van der Waals surface area contributed by atoms with Gasteiger partial charge >= 0.3 is 0 Å². The van der Waals surface area contributed by atoms with Crippen molar-refractivity contribution in [2.24, 2.45) is 0 Å². The van der Waals surface area contributed by atoms with Crippen molar-refractivity contribution in [3.05, 3.63) is 18.2 Å². The number of imidazole rings is 1. The first-order chi connectivity index (χ1) is 9.48. The predicted molar refractivity (Wildman–Crippen MR) is 76.3 cm³/mol. The van der Waals surface area contributed by atoms with E-state index in [0.717, 1.165) is 25.0 Å². The predicted octanol–water partition coefficient (Wildman–Crippen LogP) is 1.37. The molecule has 0 bridgehead atoms. The maximum absolute atomic E-state index is 11.8. The number of hydrogen-bond acceptors (Lipinski definition) is 5. The number of nitrogens with two attached hydrogens (primary N) is 1. The molecular weight excluding hydrogens is 278 g/mol. The monoisotopic (exact) mass is 295 g/mol. The molecule has 3 rings (SSSR count).